The lowest BCUT2D eigenvalue weighted by atomic mass is 9.75. The van der Waals surface area contributed by atoms with Crippen LogP contribution in [0.2, 0.25) is 0 Å². The van der Waals surface area contributed by atoms with E-state index in [4.69, 9.17) is 0 Å². The van der Waals surface area contributed by atoms with Gasteiger partial charge in [-0.1, -0.05) is 42.5 Å². The highest BCUT2D eigenvalue weighted by molar-refractivity contribution is 5.66. The quantitative estimate of drug-likeness (QED) is 0.811. The van der Waals surface area contributed by atoms with Crippen molar-refractivity contribution >= 4 is 5.57 Å². The molecule has 4 rings (SSSR count). The molecule has 0 bridgehead atoms. The topological polar surface area (TPSA) is 45.2 Å². The summed E-state index contributed by atoms with van der Waals surface area (Å²) in [6, 6.07) is 17.2. The maximum absolute atomic E-state index is 11.0. The molecule has 1 saturated carbocycles. The minimum absolute atomic E-state index is 0.571. The van der Waals surface area contributed by atoms with Gasteiger partial charge in [0.05, 0.1) is 5.69 Å². The maximum Gasteiger partial charge on any atom is 0.106 e. The number of aliphatic hydroxyl groups is 1. The molecule has 0 spiro atoms. The Labute approximate surface area is 162 Å². The van der Waals surface area contributed by atoms with Crippen LogP contribution in [0.15, 0.2) is 60.8 Å². The molecule has 2 heterocycles. The van der Waals surface area contributed by atoms with E-state index in [1.165, 1.54) is 24.0 Å². The highest BCUT2D eigenvalue weighted by Gasteiger charge is 2.35. The molecule has 0 saturated heterocycles. The predicted octanol–water partition coefficient (Wildman–Crippen LogP) is 4.69. The zero-order valence-corrected chi connectivity index (χ0v) is 16.0. The average molecular weight is 363 g/mol. The van der Waals surface area contributed by atoms with Gasteiger partial charge in [0.15, 0.2) is 0 Å². The van der Waals surface area contributed by atoms with Gasteiger partial charge in [-0.2, -0.15) is 0 Å². The summed E-state index contributed by atoms with van der Waals surface area (Å²) in [5, 5.41) is 14.6. The Morgan fingerprint density at radius 3 is 2.52 bits per heavy atom. The first-order valence-electron chi connectivity index (χ1n) is 10.3. The number of aromatic nitrogens is 1. The van der Waals surface area contributed by atoms with E-state index in [0.29, 0.717) is 6.04 Å². The molecule has 2 N–H and O–H groups in total. The van der Waals surface area contributed by atoms with Crippen LogP contribution in [-0.2, 0) is 5.60 Å². The number of hydrogen-bond acceptors (Lipinski definition) is 3. The first-order chi connectivity index (χ1) is 13.2. The second-order valence-corrected chi connectivity index (χ2v) is 8.17. The van der Waals surface area contributed by atoms with Crippen molar-refractivity contribution in [3.63, 3.8) is 0 Å². The molecule has 27 heavy (non-hydrogen) atoms. The van der Waals surface area contributed by atoms with Gasteiger partial charge < -0.3 is 10.4 Å². The highest BCUT2D eigenvalue weighted by Crippen LogP contribution is 2.40. The first-order valence-corrected chi connectivity index (χ1v) is 10.3. The zero-order chi connectivity index (χ0) is 18.5. The van der Waals surface area contributed by atoms with Crippen LogP contribution in [0.5, 0.6) is 0 Å². The zero-order valence-electron chi connectivity index (χ0n) is 16.0. The molecule has 2 aromatic rings. The van der Waals surface area contributed by atoms with E-state index in [1.54, 1.807) is 6.20 Å². The largest absolute Gasteiger partial charge is 0.384 e. The lowest BCUT2D eigenvalue weighted by Crippen LogP contribution is -2.35. The smallest absolute Gasteiger partial charge is 0.106 e. The molecule has 3 heteroatoms. The van der Waals surface area contributed by atoms with Gasteiger partial charge in [-0.3, -0.25) is 4.98 Å². The van der Waals surface area contributed by atoms with Gasteiger partial charge in [0, 0.05) is 18.8 Å². The van der Waals surface area contributed by atoms with Crippen LogP contribution in [0.25, 0.3) is 5.57 Å². The molecular weight excluding hydrogens is 332 g/mol. The molecule has 0 amide bonds. The van der Waals surface area contributed by atoms with Crippen LogP contribution in [0.4, 0.5) is 0 Å². The van der Waals surface area contributed by atoms with Crippen molar-refractivity contribution in [3.8, 4) is 0 Å². The molecule has 1 atom stereocenters. The molecule has 0 radical (unpaired) electrons. The van der Waals surface area contributed by atoms with Gasteiger partial charge >= 0.3 is 0 Å². The first kappa shape index (κ1) is 18.4. The van der Waals surface area contributed by atoms with Gasteiger partial charge in [0.1, 0.15) is 5.60 Å². The summed E-state index contributed by atoms with van der Waals surface area (Å²) in [7, 11) is 0. The summed E-state index contributed by atoms with van der Waals surface area (Å²) >= 11 is 0. The van der Waals surface area contributed by atoms with E-state index >= 15 is 0 Å². The summed E-state index contributed by atoms with van der Waals surface area (Å²) in [6.45, 7) is 0.971. The van der Waals surface area contributed by atoms with Gasteiger partial charge in [-0.25, -0.2) is 0 Å². The van der Waals surface area contributed by atoms with Crippen LogP contribution >= 0.6 is 0 Å². The Balaban J connectivity index is 1.26. The summed E-state index contributed by atoms with van der Waals surface area (Å²) in [5.41, 5.74) is 2.97. The van der Waals surface area contributed by atoms with Crippen LogP contribution in [0, 0.1) is 5.92 Å². The van der Waals surface area contributed by atoms with Crippen molar-refractivity contribution in [1.82, 2.24) is 10.3 Å². The van der Waals surface area contributed by atoms with Crippen LogP contribution < -0.4 is 5.32 Å². The van der Waals surface area contributed by atoms with Gasteiger partial charge in [0.25, 0.3) is 0 Å². The number of rotatable bonds is 5. The molecule has 1 aromatic heterocycles. The molecule has 1 aromatic carbocycles. The number of benzene rings is 1. The summed E-state index contributed by atoms with van der Waals surface area (Å²) < 4.78 is 0. The molecule has 1 aliphatic heterocycles. The molecule has 2 aliphatic rings. The number of nitrogens with zero attached hydrogens (tertiary/aromatic N) is 1. The maximum atomic E-state index is 11.0. The normalized spacial score (nSPS) is 28.6. The van der Waals surface area contributed by atoms with Crippen LogP contribution in [-0.4, -0.2) is 22.7 Å². The summed E-state index contributed by atoms with van der Waals surface area (Å²) in [5.74, 6) is 0.724. The SMILES string of the molecule is O[C@]1(c2ccccn2)CC[C@@H](CCC2CC(c3ccccc3)=CCN2)CC1. The fourth-order valence-electron chi connectivity index (χ4n) is 4.64. The molecule has 1 unspecified atom stereocenters. The van der Waals surface area contributed by atoms with Crippen molar-refractivity contribution < 1.29 is 5.11 Å². The van der Waals surface area contributed by atoms with E-state index in [0.717, 1.165) is 50.3 Å². The Morgan fingerprint density at radius 2 is 1.78 bits per heavy atom. The van der Waals surface area contributed by atoms with E-state index in [2.05, 4.69) is 46.7 Å². The lowest BCUT2D eigenvalue weighted by Gasteiger charge is -2.36. The third-order valence-corrected chi connectivity index (χ3v) is 6.36. The Kier molecular flexibility index (Phi) is 5.70. The predicted molar refractivity (Wildman–Crippen MR) is 110 cm³/mol. The third-order valence-electron chi connectivity index (χ3n) is 6.36. The van der Waals surface area contributed by atoms with Crippen molar-refractivity contribution in [2.75, 3.05) is 6.54 Å². The standard InChI is InChI=1S/C24H30N2O/c27-24(23-8-4-5-16-26-23)14-11-19(12-15-24)9-10-22-18-21(13-17-25-22)20-6-2-1-3-7-20/h1-8,13,16,19,22,25,27H,9-12,14-15,17-18H2/t19-,22?,24-. The van der Waals surface area contributed by atoms with Gasteiger partial charge in [0.2, 0.25) is 0 Å². The van der Waals surface area contributed by atoms with Crippen LogP contribution in [0.3, 0.4) is 0 Å². The second kappa shape index (κ2) is 8.37. The summed E-state index contributed by atoms with van der Waals surface area (Å²) in [4.78, 5) is 4.39. The van der Waals surface area contributed by atoms with E-state index in [9.17, 15) is 5.11 Å². The molecule has 142 valence electrons. The second-order valence-electron chi connectivity index (χ2n) is 8.17. The van der Waals surface area contributed by atoms with Crippen molar-refractivity contribution in [2.24, 2.45) is 5.92 Å². The minimum atomic E-state index is -0.718. The van der Waals surface area contributed by atoms with E-state index in [-0.39, 0.29) is 0 Å². The number of nitrogens with one attached hydrogen (secondary N) is 1. The van der Waals surface area contributed by atoms with Crippen molar-refractivity contribution in [3.05, 3.63) is 72.1 Å². The lowest BCUT2D eigenvalue weighted by molar-refractivity contribution is -0.0193. The molecular formula is C24H30N2O. The number of hydrogen-bond donors (Lipinski definition) is 2. The third kappa shape index (κ3) is 4.48. The number of pyridine rings is 1. The Morgan fingerprint density at radius 1 is 1.00 bits per heavy atom. The molecule has 3 nitrogen and oxygen atoms in total. The van der Waals surface area contributed by atoms with Crippen molar-refractivity contribution in [1.29, 1.82) is 0 Å². The van der Waals surface area contributed by atoms with Gasteiger partial charge in [-0.05, 0) is 74.1 Å². The Hall–Kier alpha value is -1.97. The van der Waals surface area contributed by atoms with E-state index in [1.807, 2.05) is 18.2 Å². The van der Waals surface area contributed by atoms with Gasteiger partial charge in [-0.15, -0.1) is 0 Å². The highest BCUT2D eigenvalue weighted by atomic mass is 16.3. The van der Waals surface area contributed by atoms with Crippen LogP contribution in [0.1, 0.15) is 56.2 Å². The average Bonchev–Trinajstić information content (AvgIpc) is 2.75. The minimum Gasteiger partial charge on any atom is -0.384 e. The van der Waals surface area contributed by atoms with E-state index < -0.39 is 5.60 Å². The monoisotopic (exact) mass is 362 g/mol. The fraction of sp³-hybridized carbons (Fsp3) is 0.458. The molecule has 1 fully saturated rings. The summed E-state index contributed by atoms with van der Waals surface area (Å²) in [6.07, 6.45) is 11.6. The Bertz CT molecular complexity index is 748. The molecule has 1 aliphatic carbocycles. The fourth-order valence-corrected chi connectivity index (χ4v) is 4.64. The van der Waals surface area contributed by atoms with Crippen molar-refractivity contribution in [2.45, 2.75) is 56.6 Å².